The summed E-state index contributed by atoms with van der Waals surface area (Å²) in [5.41, 5.74) is 4.59. The van der Waals surface area contributed by atoms with Gasteiger partial charge in [-0.2, -0.15) is 9.78 Å². The van der Waals surface area contributed by atoms with Crippen molar-refractivity contribution < 1.29 is 14.7 Å². The monoisotopic (exact) mass is 500 g/mol. The number of aromatic hydroxyl groups is 1. The van der Waals surface area contributed by atoms with E-state index in [4.69, 9.17) is 11.6 Å². The van der Waals surface area contributed by atoms with Crippen LogP contribution in [0, 0.1) is 6.92 Å². The van der Waals surface area contributed by atoms with Crippen molar-refractivity contribution in [2.75, 3.05) is 5.32 Å². The minimum Gasteiger partial charge on any atom is -0.507 e. The second-order valence-corrected chi connectivity index (χ2v) is 9.35. The lowest BCUT2D eigenvalue weighted by Crippen LogP contribution is -2.30. The molecule has 1 aliphatic rings. The summed E-state index contributed by atoms with van der Waals surface area (Å²) >= 11 is 6.21. The SMILES string of the molecule is Cc1ccc(C(=O)Nc2ccc(O)c(-c3cc(C4CC4)n(C(=O)NCc4ccccc4Cl)n3)c2)cc1. The van der Waals surface area contributed by atoms with Gasteiger partial charge in [-0.05, 0) is 67.8 Å². The molecule has 0 aliphatic heterocycles. The van der Waals surface area contributed by atoms with Crippen molar-refractivity contribution in [3.8, 4) is 17.0 Å². The molecule has 4 aromatic rings. The number of halogens is 1. The minimum absolute atomic E-state index is 0.00630. The molecule has 3 N–H and O–H groups in total. The van der Waals surface area contributed by atoms with Gasteiger partial charge in [0.25, 0.3) is 5.91 Å². The fourth-order valence-electron chi connectivity index (χ4n) is 3.97. The zero-order valence-electron chi connectivity index (χ0n) is 19.7. The average Bonchev–Trinajstić information content (AvgIpc) is 3.63. The summed E-state index contributed by atoms with van der Waals surface area (Å²) in [6.07, 6.45) is 1.95. The molecule has 0 radical (unpaired) electrons. The second kappa shape index (κ2) is 9.87. The van der Waals surface area contributed by atoms with E-state index in [9.17, 15) is 14.7 Å². The van der Waals surface area contributed by atoms with Crippen molar-refractivity contribution in [3.63, 3.8) is 0 Å². The molecule has 0 bridgehead atoms. The highest BCUT2D eigenvalue weighted by Crippen LogP contribution is 2.42. The first-order valence-corrected chi connectivity index (χ1v) is 12.1. The highest BCUT2D eigenvalue weighted by molar-refractivity contribution is 6.31. The predicted molar refractivity (Wildman–Crippen MR) is 140 cm³/mol. The van der Waals surface area contributed by atoms with Crippen LogP contribution in [0.1, 0.15) is 45.9 Å². The maximum absolute atomic E-state index is 13.0. The number of aryl methyl sites for hydroxylation is 1. The van der Waals surface area contributed by atoms with E-state index in [0.29, 0.717) is 27.5 Å². The number of hydrogen-bond donors (Lipinski definition) is 3. The molecule has 2 amide bonds. The fourth-order valence-corrected chi connectivity index (χ4v) is 4.18. The Morgan fingerprint density at radius 2 is 1.81 bits per heavy atom. The van der Waals surface area contributed by atoms with Crippen LogP contribution >= 0.6 is 11.6 Å². The van der Waals surface area contributed by atoms with E-state index in [2.05, 4.69) is 15.7 Å². The molecule has 1 saturated carbocycles. The topological polar surface area (TPSA) is 96.2 Å². The Labute approximate surface area is 213 Å². The van der Waals surface area contributed by atoms with Crippen LogP contribution < -0.4 is 10.6 Å². The lowest BCUT2D eigenvalue weighted by atomic mass is 10.1. The Morgan fingerprint density at radius 1 is 1.06 bits per heavy atom. The fraction of sp³-hybridized carbons (Fsp3) is 0.179. The quantitative estimate of drug-likeness (QED) is 0.278. The van der Waals surface area contributed by atoms with E-state index in [1.54, 1.807) is 30.3 Å². The van der Waals surface area contributed by atoms with Gasteiger partial charge in [0.2, 0.25) is 0 Å². The average molecular weight is 501 g/mol. The third-order valence-electron chi connectivity index (χ3n) is 6.16. The van der Waals surface area contributed by atoms with Crippen LogP contribution in [0.5, 0.6) is 5.75 Å². The lowest BCUT2D eigenvalue weighted by molar-refractivity contribution is 0.102. The molecule has 1 heterocycles. The standard InChI is InChI=1S/C28H25ClN4O3/c1-17-6-8-19(9-7-17)27(35)31-21-12-13-26(34)22(14-21)24-15-25(18-10-11-18)33(32-24)28(36)30-16-20-4-2-3-5-23(20)29/h2-9,12-15,18,34H,10-11,16H2,1H3,(H,30,36)(H,31,35). The number of aromatic nitrogens is 2. The van der Waals surface area contributed by atoms with Crippen molar-refractivity contribution in [2.45, 2.75) is 32.2 Å². The first-order chi connectivity index (χ1) is 17.4. The summed E-state index contributed by atoms with van der Waals surface area (Å²) in [4.78, 5) is 25.7. The molecule has 1 aliphatic carbocycles. The van der Waals surface area contributed by atoms with Crippen molar-refractivity contribution >= 4 is 29.2 Å². The van der Waals surface area contributed by atoms with E-state index in [1.165, 1.54) is 10.7 Å². The van der Waals surface area contributed by atoms with Gasteiger partial charge in [-0.3, -0.25) is 4.79 Å². The number of nitrogens with zero attached hydrogens (tertiary/aromatic N) is 2. The van der Waals surface area contributed by atoms with Crippen molar-refractivity contribution in [1.82, 2.24) is 15.1 Å². The Bertz CT molecular complexity index is 1440. The minimum atomic E-state index is -0.369. The molecule has 5 rings (SSSR count). The summed E-state index contributed by atoms with van der Waals surface area (Å²) in [5.74, 6) is -0.00882. The van der Waals surface area contributed by atoms with E-state index < -0.39 is 0 Å². The number of phenolic OH excluding ortho intramolecular Hbond substituents is 1. The number of hydrogen-bond acceptors (Lipinski definition) is 4. The molecule has 0 atom stereocenters. The third kappa shape index (κ3) is 5.11. The molecule has 0 unspecified atom stereocenters. The molecule has 182 valence electrons. The van der Waals surface area contributed by atoms with Gasteiger partial charge < -0.3 is 15.7 Å². The number of rotatable bonds is 6. The highest BCUT2D eigenvalue weighted by Gasteiger charge is 2.31. The second-order valence-electron chi connectivity index (χ2n) is 8.94. The molecular weight excluding hydrogens is 476 g/mol. The molecule has 0 saturated heterocycles. The third-order valence-corrected chi connectivity index (χ3v) is 6.53. The van der Waals surface area contributed by atoms with Gasteiger partial charge >= 0.3 is 6.03 Å². The van der Waals surface area contributed by atoms with Crippen LogP contribution in [-0.4, -0.2) is 26.8 Å². The normalized spacial score (nSPS) is 12.8. The van der Waals surface area contributed by atoms with Gasteiger partial charge in [0.05, 0.1) is 11.4 Å². The summed E-state index contributed by atoms with van der Waals surface area (Å²) in [7, 11) is 0. The van der Waals surface area contributed by atoms with Crippen LogP contribution in [0.2, 0.25) is 5.02 Å². The van der Waals surface area contributed by atoms with Gasteiger partial charge in [0.15, 0.2) is 0 Å². The molecular formula is C28H25ClN4O3. The summed E-state index contributed by atoms with van der Waals surface area (Å²) in [5, 5.41) is 21.4. The first kappa shape index (κ1) is 23.6. The maximum Gasteiger partial charge on any atom is 0.342 e. The summed E-state index contributed by atoms with van der Waals surface area (Å²) < 4.78 is 1.36. The summed E-state index contributed by atoms with van der Waals surface area (Å²) in [6, 6.07) is 20.9. The Morgan fingerprint density at radius 3 is 2.53 bits per heavy atom. The van der Waals surface area contributed by atoms with Crippen LogP contribution in [0.25, 0.3) is 11.3 Å². The van der Waals surface area contributed by atoms with Gasteiger partial charge in [-0.15, -0.1) is 0 Å². The molecule has 3 aromatic carbocycles. The number of anilines is 1. The predicted octanol–water partition coefficient (Wildman–Crippen LogP) is 6.11. The van der Waals surface area contributed by atoms with Crippen LogP contribution in [0.4, 0.5) is 10.5 Å². The van der Waals surface area contributed by atoms with E-state index in [0.717, 1.165) is 29.7 Å². The molecule has 0 spiro atoms. The first-order valence-electron chi connectivity index (χ1n) is 11.7. The van der Waals surface area contributed by atoms with Crippen LogP contribution in [0.15, 0.2) is 72.8 Å². The van der Waals surface area contributed by atoms with Crippen molar-refractivity contribution in [1.29, 1.82) is 0 Å². The molecule has 1 aromatic heterocycles. The number of amides is 2. The largest absolute Gasteiger partial charge is 0.507 e. The van der Waals surface area contributed by atoms with E-state index >= 15 is 0 Å². The van der Waals surface area contributed by atoms with Crippen molar-refractivity contribution in [2.24, 2.45) is 0 Å². The van der Waals surface area contributed by atoms with Gasteiger partial charge in [0, 0.05) is 34.3 Å². The number of benzene rings is 3. The molecule has 36 heavy (non-hydrogen) atoms. The maximum atomic E-state index is 13.0. The smallest absolute Gasteiger partial charge is 0.342 e. The highest BCUT2D eigenvalue weighted by atomic mass is 35.5. The van der Waals surface area contributed by atoms with Crippen LogP contribution in [0.3, 0.4) is 0 Å². The number of phenols is 1. The Kier molecular flexibility index (Phi) is 6.48. The zero-order chi connectivity index (χ0) is 25.2. The van der Waals surface area contributed by atoms with Crippen molar-refractivity contribution in [3.05, 3.63) is 100 Å². The zero-order valence-corrected chi connectivity index (χ0v) is 20.4. The van der Waals surface area contributed by atoms with Crippen LogP contribution in [-0.2, 0) is 6.54 Å². The number of nitrogens with one attached hydrogen (secondary N) is 2. The Balaban J connectivity index is 1.39. The van der Waals surface area contributed by atoms with E-state index in [1.807, 2.05) is 43.3 Å². The van der Waals surface area contributed by atoms with E-state index in [-0.39, 0.29) is 30.2 Å². The van der Waals surface area contributed by atoms with Gasteiger partial charge in [-0.25, -0.2) is 4.79 Å². The Hall–Kier alpha value is -4.10. The molecule has 1 fully saturated rings. The van der Waals surface area contributed by atoms with Gasteiger partial charge in [-0.1, -0.05) is 47.5 Å². The molecule has 7 nitrogen and oxygen atoms in total. The summed E-state index contributed by atoms with van der Waals surface area (Å²) in [6.45, 7) is 2.23. The number of carbonyl (C=O) groups excluding carboxylic acids is 2. The lowest BCUT2D eigenvalue weighted by Gasteiger charge is -2.09. The molecule has 8 heteroatoms. The number of carbonyl (C=O) groups is 2. The van der Waals surface area contributed by atoms with Gasteiger partial charge in [0.1, 0.15) is 5.75 Å².